The van der Waals surface area contributed by atoms with Crippen LogP contribution in [0.5, 0.6) is 0 Å². The van der Waals surface area contributed by atoms with Crippen LogP contribution in [0, 0.1) is 80.8 Å². The summed E-state index contributed by atoms with van der Waals surface area (Å²) in [6, 6.07) is 0. The van der Waals surface area contributed by atoms with E-state index in [1.165, 1.54) is 0 Å². The molecule has 0 saturated carbocycles. The molecule has 62 valence electrons. The van der Waals surface area contributed by atoms with Crippen LogP contribution in [0.25, 0.3) is 0 Å². The Morgan fingerprint density at radius 2 is 0.273 bits per heavy atom. The first-order valence-corrected chi connectivity index (χ1v) is 0. The fourth-order valence-corrected chi connectivity index (χ4v) is 0. The van der Waals surface area contributed by atoms with E-state index in [9.17, 15) is 0 Å². The maximum Gasteiger partial charge on any atom is 4.00 e. The van der Waals surface area contributed by atoms with E-state index in [-0.39, 0.29) is 172 Å². The van der Waals surface area contributed by atoms with Crippen LogP contribution < -0.4 is 0 Å². The van der Waals surface area contributed by atoms with Crippen LogP contribution in [0.2, 0.25) is 0 Å². The van der Waals surface area contributed by atoms with Gasteiger partial charge in [0.2, 0.25) is 0 Å². The predicted molar refractivity (Wildman–Crippen MR) is 4.81 cm³/mol. The Balaban J connectivity index is 0. The van der Waals surface area contributed by atoms with Crippen LogP contribution in [-0.2, 0) is 90.7 Å². The molecule has 11 heavy (non-hydrogen) atoms. The predicted octanol–water partition coefficient (Wildman–Crippen LogP) is -0.837. The van der Waals surface area contributed by atoms with Gasteiger partial charge < -0.3 is 38.3 Å². The van der Waals surface area contributed by atoms with E-state index < -0.39 is 0 Å². The molecule has 2 radical (unpaired) electrons. The van der Waals surface area contributed by atoms with E-state index in [1.807, 2.05) is 0 Å². The monoisotopic (exact) mass is 596 g/mol. The first kappa shape index (κ1) is 176. The molecule has 0 amide bonds. The second-order valence-corrected chi connectivity index (χ2v) is 0. The summed E-state index contributed by atoms with van der Waals surface area (Å²) in [5.74, 6) is 0. The number of rotatable bonds is 0. The zero-order valence-electron chi connectivity index (χ0n) is 4.67. The number of hydrogen-bond donors (Lipinski definition) is 0. The minimum atomic E-state index is 0. The van der Waals surface area contributed by atoms with Gasteiger partial charge in [-0.3, -0.25) is 0 Å². The van der Waals surface area contributed by atoms with Gasteiger partial charge >= 0.3 is 133 Å². The molecule has 0 unspecified atom stereocenters. The molecule has 0 spiro atoms. The molecular weight excluding hydrogens is 595 g/mol. The second kappa shape index (κ2) is 142. The summed E-state index contributed by atoms with van der Waals surface area (Å²) in [6.07, 6.45) is 0. The first-order chi connectivity index (χ1) is 0. The Labute approximate surface area is 167 Å². The van der Waals surface area contributed by atoms with Gasteiger partial charge in [-0.1, -0.05) is 0 Å². The van der Waals surface area contributed by atoms with Crippen molar-refractivity contribution in [1.82, 2.24) is 0 Å². The molecule has 0 aromatic carbocycles. The van der Waals surface area contributed by atoms with E-state index in [0.717, 1.165) is 0 Å². The summed E-state index contributed by atoms with van der Waals surface area (Å²) in [7, 11) is 0. The quantitative estimate of drug-likeness (QED) is 0.337. The van der Waals surface area contributed by atoms with Crippen molar-refractivity contribution in [3.05, 3.63) is 0 Å². The van der Waals surface area contributed by atoms with Crippen molar-refractivity contribution < 1.29 is 172 Å². The Morgan fingerprint density at radius 3 is 0.273 bits per heavy atom. The maximum atomic E-state index is 0. The molecule has 0 aliphatic carbocycles. The molecule has 7 nitrogen and oxygen atoms in total. The summed E-state index contributed by atoms with van der Waals surface area (Å²) >= 11 is 0. The Hall–Kier alpha value is 4.16. The molecule has 0 heterocycles. The van der Waals surface area contributed by atoms with Crippen LogP contribution in [0.3, 0.4) is 0 Å². The third-order valence-corrected chi connectivity index (χ3v) is 0. The molecule has 0 aliphatic heterocycles. The zero-order chi connectivity index (χ0) is 0. The standard InChI is InChI=1S/7O.2Sm.2Zr/q7*-2;2*+3;2*+4. The van der Waals surface area contributed by atoms with Gasteiger partial charge in [0, 0.05) is 0 Å². The van der Waals surface area contributed by atoms with Crippen LogP contribution >= 0.6 is 0 Å². The molecule has 0 aliphatic rings. The van der Waals surface area contributed by atoms with Crippen LogP contribution in [0.15, 0.2) is 0 Å². The molecular formula is O7Sm2Zr2. The topological polar surface area (TPSA) is 200 Å². The summed E-state index contributed by atoms with van der Waals surface area (Å²) in [5, 5.41) is 0. The minimum absolute atomic E-state index is 0. The molecule has 0 saturated heterocycles. The van der Waals surface area contributed by atoms with Crippen molar-refractivity contribution in [2.75, 3.05) is 0 Å². The van der Waals surface area contributed by atoms with Crippen molar-refractivity contribution in [2.24, 2.45) is 0 Å². The molecule has 0 aromatic heterocycles. The Bertz CT molecular complexity index is 14.4. The molecule has 0 fully saturated rings. The average Bonchev–Trinajstić information content (AvgIpc) is 0. The summed E-state index contributed by atoms with van der Waals surface area (Å²) in [4.78, 5) is 0. The van der Waals surface area contributed by atoms with E-state index in [1.54, 1.807) is 0 Å². The molecule has 0 N–H and O–H groups in total. The molecule has 11 heteroatoms. The van der Waals surface area contributed by atoms with Crippen molar-refractivity contribution in [3.63, 3.8) is 0 Å². The van der Waals surface area contributed by atoms with Gasteiger partial charge in [-0.15, -0.1) is 0 Å². The SMILES string of the molecule is [O-2].[O-2].[O-2].[O-2].[O-2].[O-2].[O-2].[Sm+3].[Sm+3].[Zr+4].[Zr+4]. The third kappa shape index (κ3) is 121. The fourth-order valence-electron chi connectivity index (χ4n) is 0. The zero-order valence-corrected chi connectivity index (χ0v) is 14.8. The van der Waals surface area contributed by atoms with Crippen molar-refractivity contribution in [1.29, 1.82) is 0 Å². The van der Waals surface area contributed by atoms with Gasteiger partial charge in [0.05, 0.1) is 0 Å². The van der Waals surface area contributed by atoms with Crippen molar-refractivity contribution >= 4 is 0 Å². The summed E-state index contributed by atoms with van der Waals surface area (Å²) < 4.78 is 0. The molecule has 0 atom stereocenters. The van der Waals surface area contributed by atoms with Crippen molar-refractivity contribution in [2.45, 2.75) is 0 Å². The fraction of sp³-hybridized carbons (Fsp3) is 0. The van der Waals surface area contributed by atoms with Gasteiger partial charge in [-0.2, -0.15) is 0 Å². The number of hydrogen-bond acceptors (Lipinski definition) is 0. The van der Waals surface area contributed by atoms with E-state index in [4.69, 9.17) is 0 Å². The summed E-state index contributed by atoms with van der Waals surface area (Å²) in [6.45, 7) is 0. The van der Waals surface area contributed by atoms with E-state index in [2.05, 4.69) is 0 Å². The van der Waals surface area contributed by atoms with Gasteiger partial charge in [0.25, 0.3) is 0 Å². The normalized spacial score (nSPS) is 0. The van der Waals surface area contributed by atoms with E-state index in [0.29, 0.717) is 0 Å². The smallest absolute Gasteiger partial charge is 2.00 e. The first-order valence-electron chi connectivity index (χ1n) is 0. The largest absolute Gasteiger partial charge is 4.00 e. The third-order valence-electron chi connectivity index (χ3n) is 0. The second-order valence-electron chi connectivity index (χ2n) is 0. The maximum absolute atomic E-state index is 0. The van der Waals surface area contributed by atoms with Crippen molar-refractivity contribution in [3.8, 4) is 0 Å². The van der Waals surface area contributed by atoms with Gasteiger partial charge in [0.1, 0.15) is 0 Å². The van der Waals surface area contributed by atoms with Crippen LogP contribution in [-0.4, -0.2) is 0 Å². The van der Waals surface area contributed by atoms with Crippen LogP contribution in [0.4, 0.5) is 0 Å². The van der Waals surface area contributed by atoms with Gasteiger partial charge in [-0.25, -0.2) is 0 Å². The molecule has 0 bridgehead atoms. The Morgan fingerprint density at radius 1 is 0.273 bits per heavy atom. The van der Waals surface area contributed by atoms with Gasteiger partial charge in [-0.05, 0) is 0 Å². The van der Waals surface area contributed by atoms with E-state index >= 15 is 0 Å². The average molecular weight is 595 g/mol. The molecule has 0 aromatic rings. The van der Waals surface area contributed by atoms with Gasteiger partial charge in [0.15, 0.2) is 0 Å². The summed E-state index contributed by atoms with van der Waals surface area (Å²) in [5.41, 5.74) is 0. The Kier molecular flexibility index (Phi) is 2260. The van der Waals surface area contributed by atoms with Crippen LogP contribution in [0.1, 0.15) is 0 Å². The molecule has 0 rings (SSSR count). The minimum Gasteiger partial charge on any atom is -2.00 e.